The first kappa shape index (κ1) is 13.9. The van der Waals surface area contributed by atoms with Crippen LogP contribution in [0.5, 0.6) is 0 Å². The number of fused-ring (bicyclic) bond motifs is 1. The molecule has 1 aliphatic rings. The summed E-state index contributed by atoms with van der Waals surface area (Å²) in [6.07, 6.45) is 1.08. The van der Waals surface area contributed by atoms with Crippen LogP contribution in [0.2, 0.25) is 10.0 Å². The van der Waals surface area contributed by atoms with Gasteiger partial charge in [0.25, 0.3) is 0 Å². The molecule has 0 fully saturated rings. The van der Waals surface area contributed by atoms with Gasteiger partial charge in [0, 0.05) is 12.5 Å². The number of rotatable bonds is 3. The topological polar surface area (TPSA) is 12.0 Å². The molecule has 1 nitrogen and oxygen atoms in total. The molecule has 1 N–H and O–H groups in total. The van der Waals surface area contributed by atoms with Crippen LogP contribution in [0, 0.1) is 0 Å². The summed E-state index contributed by atoms with van der Waals surface area (Å²) in [6.45, 7) is 0.992. The Labute approximate surface area is 129 Å². The van der Waals surface area contributed by atoms with E-state index < -0.39 is 0 Å². The van der Waals surface area contributed by atoms with Crippen LogP contribution < -0.4 is 5.32 Å². The molecular weight excluding hydrogens is 289 g/mol. The minimum Gasteiger partial charge on any atom is -0.319 e. The van der Waals surface area contributed by atoms with Crippen LogP contribution >= 0.6 is 23.2 Å². The van der Waals surface area contributed by atoms with Gasteiger partial charge in [0.2, 0.25) is 0 Å². The fraction of sp³-hybridized carbons (Fsp3) is 0.294. The standard InChI is InChI=1S/C17H17Cl2N/c1-20-10-11-9-15(13-6-3-2-5-12(11)13)14-7-4-8-16(18)17(14)19/h2-8,11,15,20H,9-10H2,1H3. The Morgan fingerprint density at radius 1 is 1.00 bits per heavy atom. The van der Waals surface area contributed by atoms with Gasteiger partial charge in [-0.2, -0.15) is 0 Å². The summed E-state index contributed by atoms with van der Waals surface area (Å²) < 4.78 is 0. The lowest BCUT2D eigenvalue weighted by atomic mass is 9.92. The molecular formula is C17H17Cl2N. The van der Waals surface area contributed by atoms with Crippen LogP contribution in [0.4, 0.5) is 0 Å². The summed E-state index contributed by atoms with van der Waals surface area (Å²) in [5.41, 5.74) is 3.96. The van der Waals surface area contributed by atoms with Gasteiger partial charge in [-0.3, -0.25) is 0 Å². The highest BCUT2D eigenvalue weighted by molar-refractivity contribution is 6.42. The normalized spacial score (nSPS) is 20.9. The van der Waals surface area contributed by atoms with Crippen molar-refractivity contribution < 1.29 is 0 Å². The monoisotopic (exact) mass is 305 g/mol. The number of hydrogen-bond donors (Lipinski definition) is 1. The van der Waals surface area contributed by atoms with Gasteiger partial charge in [0.15, 0.2) is 0 Å². The highest BCUT2D eigenvalue weighted by atomic mass is 35.5. The number of likely N-dealkylation sites (N-methyl/N-ethyl adjacent to an activating group) is 1. The van der Waals surface area contributed by atoms with Crippen LogP contribution in [-0.2, 0) is 0 Å². The number of hydrogen-bond acceptors (Lipinski definition) is 1. The zero-order valence-electron chi connectivity index (χ0n) is 11.4. The Bertz CT molecular complexity index is 624. The van der Waals surface area contributed by atoms with Crippen LogP contribution in [0.1, 0.15) is 34.9 Å². The number of nitrogens with one attached hydrogen (secondary N) is 1. The Balaban J connectivity index is 2.06. The third-order valence-corrected chi connectivity index (χ3v) is 4.97. The van der Waals surface area contributed by atoms with Crippen molar-refractivity contribution in [2.75, 3.05) is 13.6 Å². The number of halogens is 2. The molecule has 2 aromatic carbocycles. The van der Waals surface area contributed by atoms with Crippen LogP contribution in [0.15, 0.2) is 42.5 Å². The van der Waals surface area contributed by atoms with E-state index in [0.717, 1.165) is 18.5 Å². The van der Waals surface area contributed by atoms with Gasteiger partial charge < -0.3 is 5.32 Å². The molecule has 0 aliphatic heterocycles. The Kier molecular flexibility index (Phi) is 4.02. The second kappa shape index (κ2) is 5.77. The summed E-state index contributed by atoms with van der Waals surface area (Å²) in [4.78, 5) is 0. The molecule has 0 saturated carbocycles. The molecule has 2 unspecified atom stereocenters. The van der Waals surface area contributed by atoms with E-state index in [-0.39, 0.29) is 0 Å². The van der Waals surface area contributed by atoms with Crippen molar-refractivity contribution in [3.05, 3.63) is 69.2 Å². The van der Waals surface area contributed by atoms with Crippen molar-refractivity contribution in [2.45, 2.75) is 18.3 Å². The molecule has 0 radical (unpaired) electrons. The molecule has 2 atom stereocenters. The zero-order valence-corrected chi connectivity index (χ0v) is 12.9. The maximum absolute atomic E-state index is 6.42. The van der Waals surface area contributed by atoms with E-state index in [9.17, 15) is 0 Å². The maximum atomic E-state index is 6.42. The molecule has 0 heterocycles. The van der Waals surface area contributed by atoms with E-state index in [1.165, 1.54) is 11.1 Å². The summed E-state index contributed by atoms with van der Waals surface area (Å²) in [7, 11) is 2.00. The highest BCUT2D eigenvalue weighted by Crippen LogP contribution is 2.47. The van der Waals surface area contributed by atoms with E-state index >= 15 is 0 Å². The third-order valence-electron chi connectivity index (χ3n) is 4.14. The van der Waals surface area contributed by atoms with E-state index in [0.29, 0.717) is 21.9 Å². The van der Waals surface area contributed by atoms with Crippen molar-refractivity contribution in [3.8, 4) is 0 Å². The SMILES string of the molecule is CNCC1CC(c2cccc(Cl)c2Cl)c2ccccc21. The predicted octanol–water partition coefficient (Wildman–Crippen LogP) is 4.83. The lowest BCUT2D eigenvalue weighted by molar-refractivity contribution is 0.597. The fourth-order valence-electron chi connectivity index (χ4n) is 3.26. The van der Waals surface area contributed by atoms with Crippen molar-refractivity contribution in [1.82, 2.24) is 5.32 Å². The Morgan fingerprint density at radius 2 is 1.70 bits per heavy atom. The third kappa shape index (κ3) is 2.35. The predicted molar refractivity (Wildman–Crippen MR) is 86.0 cm³/mol. The van der Waals surface area contributed by atoms with Crippen molar-refractivity contribution in [2.24, 2.45) is 0 Å². The smallest absolute Gasteiger partial charge is 0.0630 e. The molecule has 3 heteroatoms. The first-order valence-corrected chi connectivity index (χ1v) is 7.65. The van der Waals surface area contributed by atoms with Gasteiger partial charge >= 0.3 is 0 Å². The van der Waals surface area contributed by atoms with Crippen LogP contribution in [-0.4, -0.2) is 13.6 Å². The molecule has 0 aromatic heterocycles. The van der Waals surface area contributed by atoms with Gasteiger partial charge in [-0.05, 0) is 42.1 Å². The van der Waals surface area contributed by atoms with Gasteiger partial charge in [-0.25, -0.2) is 0 Å². The van der Waals surface area contributed by atoms with Crippen LogP contribution in [0.25, 0.3) is 0 Å². The van der Waals surface area contributed by atoms with Gasteiger partial charge in [-0.15, -0.1) is 0 Å². The van der Waals surface area contributed by atoms with E-state index in [4.69, 9.17) is 23.2 Å². The van der Waals surface area contributed by atoms with E-state index in [1.54, 1.807) is 0 Å². The van der Waals surface area contributed by atoms with Crippen molar-refractivity contribution in [3.63, 3.8) is 0 Å². The molecule has 20 heavy (non-hydrogen) atoms. The number of benzene rings is 2. The molecule has 1 aliphatic carbocycles. The van der Waals surface area contributed by atoms with Crippen LogP contribution in [0.3, 0.4) is 0 Å². The lowest BCUT2D eigenvalue weighted by Gasteiger charge is -2.15. The van der Waals surface area contributed by atoms with Gasteiger partial charge in [-0.1, -0.05) is 59.6 Å². The molecule has 0 saturated heterocycles. The minimum atomic E-state index is 0.343. The lowest BCUT2D eigenvalue weighted by Crippen LogP contribution is -2.15. The van der Waals surface area contributed by atoms with E-state index in [2.05, 4.69) is 35.6 Å². The maximum Gasteiger partial charge on any atom is 0.0630 e. The second-order valence-corrected chi connectivity index (χ2v) is 6.10. The fourth-order valence-corrected chi connectivity index (χ4v) is 3.70. The Hall–Kier alpha value is -1.02. The first-order valence-electron chi connectivity index (χ1n) is 6.89. The van der Waals surface area contributed by atoms with Gasteiger partial charge in [0.05, 0.1) is 10.0 Å². The summed E-state index contributed by atoms with van der Waals surface area (Å²) in [6, 6.07) is 14.6. The van der Waals surface area contributed by atoms with Gasteiger partial charge in [0.1, 0.15) is 0 Å². The summed E-state index contributed by atoms with van der Waals surface area (Å²) in [5, 5.41) is 4.62. The average Bonchev–Trinajstić information content (AvgIpc) is 2.82. The second-order valence-electron chi connectivity index (χ2n) is 5.31. The molecule has 2 aromatic rings. The highest BCUT2D eigenvalue weighted by Gasteiger charge is 2.32. The molecule has 104 valence electrons. The first-order chi connectivity index (χ1) is 9.72. The molecule has 0 spiro atoms. The quantitative estimate of drug-likeness (QED) is 0.856. The van der Waals surface area contributed by atoms with Crippen molar-refractivity contribution >= 4 is 23.2 Å². The largest absolute Gasteiger partial charge is 0.319 e. The average molecular weight is 306 g/mol. The molecule has 0 bridgehead atoms. The molecule has 3 rings (SSSR count). The Morgan fingerprint density at radius 3 is 2.45 bits per heavy atom. The van der Waals surface area contributed by atoms with E-state index in [1.807, 2.05) is 19.2 Å². The van der Waals surface area contributed by atoms with Crippen molar-refractivity contribution in [1.29, 1.82) is 0 Å². The summed E-state index contributed by atoms with van der Waals surface area (Å²) >= 11 is 12.6. The minimum absolute atomic E-state index is 0.343. The summed E-state index contributed by atoms with van der Waals surface area (Å²) in [5.74, 6) is 0.881. The molecule has 0 amide bonds. The zero-order chi connectivity index (χ0) is 14.1.